The van der Waals surface area contributed by atoms with Gasteiger partial charge in [-0.3, -0.25) is 10.1 Å². The molecule has 0 radical (unpaired) electrons. The number of hydrogen-bond acceptors (Lipinski definition) is 7. The zero-order valence-electron chi connectivity index (χ0n) is 27.6. The summed E-state index contributed by atoms with van der Waals surface area (Å²) in [5.41, 5.74) is -3.73. The Labute approximate surface area is 304 Å². The van der Waals surface area contributed by atoms with E-state index >= 15 is 35.1 Å². The Hall–Kier alpha value is -6.97. The molecule has 0 heterocycles. The van der Waals surface area contributed by atoms with Gasteiger partial charge in [0.1, 0.15) is 24.7 Å². The van der Waals surface area contributed by atoms with Crippen molar-refractivity contribution in [3.63, 3.8) is 0 Å². The van der Waals surface area contributed by atoms with E-state index < -0.39 is 103 Å². The minimum Gasteiger partial charge on any atom is -0.482 e. The second kappa shape index (κ2) is 16.0. The molecular formula is C39H21F8NO7. The molecule has 0 aromatic heterocycles. The molecule has 8 nitrogen and oxygen atoms in total. The monoisotopic (exact) mass is 767 g/mol. The van der Waals surface area contributed by atoms with Crippen LogP contribution in [-0.2, 0) is 18.0 Å². The van der Waals surface area contributed by atoms with Gasteiger partial charge in [-0.1, -0.05) is 60.7 Å². The van der Waals surface area contributed by atoms with Crippen LogP contribution < -0.4 is 14.2 Å². The molecule has 0 spiro atoms. The van der Waals surface area contributed by atoms with Crippen molar-refractivity contribution in [2.24, 2.45) is 0 Å². The van der Waals surface area contributed by atoms with E-state index in [0.717, 1.165) is 42.5 Å². The lowest BCUT2D eigenvalue weighted by atomic mass is 10.0. The van der Waals surface area contributed by atoms with Crippen molar-refractivity contribution in [1.82, 2.24) is 0 Å². The van der Waals surface area contributed by atoms with Gasteiger partial charge in [-0.25, -0.2) is 22.4 Å². The standard InChI is InChI=1S/C39H21F8NO7/c40-29-27(30(41)34(45)37(33(29)44)54-23-13-11-22(12-14-23)39(49)53-19-21-9-5-2-6-10-21)28-31(42)35(46)38(36(47)32(28)43)55-24-15-16-25(48(50)51)26(17-24)52-18-20-7-3-1-4-8-20/h1-17H,18-19H2. The molecule has 0 aliphatic rings. The van der Waals surface area contributed by atoms with Crippen molar-refractivity contribution in [3.8, 4) is 39.9 Å². The van der Waals surface area contributed by atoms with E-state index in [4.69, 9.17) is 18.9 Å². The van der Waals surface area contributed by atoms with Gasteiger partial charge in [-0.2, -0.15) is 17.6 Å². The van der Waals surface area contributed by atoms with Crippen LogP contribution in [0.4, 0.5) is 40.8 Å². The molecule has 0 atom stereocenters. The van der Waals surface area contributed by atoms with Crippen LogP contribution in [0, 0.1) is 56.7 Å². The van der Waals surface area contributed by atoms with E-state index in [1.165, 1.54) is 0 Å². The SMILES string of the molecule is O=C(OCc1ccccc1)c1ccc(Oc2c(F)c(F)c(-c3c(F)c(F)c(Oc4ccc([N+](=O)[O-])c(OCc5ccccc5)c4)c(F)c3F)c(F)c2F)cc1. The molecule has 0 aliphatic heterocycles. The lowest BCUT2D eigenvalue weighted by molar-refractivity contribution is -0.386. The van der Waals surface area contributed by atoms with E-state index in [-0.39, 0.29) is 18.8 Å². The number of hydrogen-bond donors (Lipinski definition) is 0. The zero-order valence-corrected chi connectivity index (χ0v) is 27.6. The largest absolute Gasteiger partial charge is 0.482 e. The van der Waals surface area contributed by atoms with Crippen LogP contribution in [0.1, 0.15) is 21.5 Å². The van der Waals surface area contributed by atoms with Crippen molar-refractivity contribution in [2.75, 3.05) is 0 Å². The van der Waals surface area contributed by atoms with Gasteiger partial charge in [0.2, 0.25) is 40.5 Å². The maximum Gasteiger partial charge on any atom is 0.338 e. The molecule has 0 saturated heterocycles. The molecule has 0 saturated carbocycles. The van der Waals surface area contributed by atoms with E-state index in [2.05, 4.69) is 0 Å². The van der Waals surface area contributed by atoms with Gasteiger partial charge in [0.05, 0.1) is 21.6 Å². The van der Waals surface area contributed by atoms with Crippen LogP contribution in [0.2, 0.25) is 0 Å². The Bertz CT molecular complexity index is 2360. The maximum absolute atomic E-state index is 15.4. The van der Waals surface area contributed by atoms with Crippen LogP contribution in [0.15, 0.2) is 103 Å². The third-order valence-electron chi connectivity index (χ3n) is 7.80. The second-order valence-corrected chi connectivity index (χ2v) is 11.4. The van der Waals surface area contributed by atoms with Crippen molar-refractivity contribution in [3.05, 3.63) is 176 Å². The Morgan fingerprint density at radius 3 is 1.45 bits per heavy atom. The molecule has 280 valence electrons. The third-order valence-corrected chi connectivity index (χ3v) is 7.80. The maximum atomic E-state index is 15.4. The number of ether oxygens (including phenoxy) is 4. The summed E-state index contributed by atoms with van der Waals surface area (Å²) in [6, 6.07) is 23.5. The van der Waals surface area contributed by atoms with Gasteiger partial charge in [0.25, 0.3) is 0 Å². The Morgan fingerprint density at radius 2 is 0.982 bits per heavy atom. The van der Waals surface area contributed by atoms with E-state index in [1.807, 2.05) is 0 Å². The van der Waals surface area contributed by atoms with Crippen molar-refractivity contribution >= 4 is 11.7 Å². The molecule has 6 rings (SSSR count). The van der Waals surface area contributed by atoms with Crippen LogP contribution >= 0.6 is 0 Å². The summed E-state index contributed by atoms with van der Waals surface area (Å²) in [6.45, 7) is -0.284. The number of nitro benzene ring substituents is 1. The van der Waals surface area contributed by atoms with Gasteiger partial charge in [-0.05, 0) is 41.5 Å². The van der Waals surface area contributed by atoms with Gasteiger partial charge in [-0.15, -0.1) is 0 Å². The van der Waals surface area contributed by atoms with Crippen LogP contribution in [-0.4, -0.2) is 10.9 Å². The first kappa shape index (κ1) is 37.8. The predicted molar refractivity (Wildman–Crippen MR) is 178 cm³/mol. The summed E-state index contributed by atoms with van der Waals surface area (Å²) in [6.07, 6.45) is 0. The topological polar surface area (TPSA) is 97.1 Å². The summed E-state index contributed by atoms with van der Waals surface area (Å²) >= 11 is 0. The fraction of sp³-hybridized carbons (Fsp3) is 0.0513. The number of nitro groups is 1. The molecule has 16 heteroatoms. The van der Waals surface area contributed by atoms with Gasteiger partial charge in [0, 0.05) is 12.1 Å². The van der Waals surface area contributed by atoms with Gasteiger partial charge in [0.15, 0.2) is 23.3 Å². The predicted octanol–water partition coefficient (Wildman–Crippen LogP) is 10.9. The van der Waals surface area contributed by atoms with Crippen LogP contribution in [0.5, 0.6) is 28.7 Å². The number of rotatable bonds is 12. The molecule has 0 aliphatic carbocycles. The van der Waals surface area contributed by atoms with Crippen molar-refractivity contribution in [1.29, 1.82) is 0 Å². The second-order valence-electron chi connectivity index (χ2n) is 11.4. The quantitative estimate of drug-likeness (QED) is 0.0402. The van der Waals surface area contributed by atoms with Crippen molar-refractivity contribution in [2.45, 2.75) is 13.2 Å². The smallest absolute Gasteiger partial charge is 0.338 e. The highest BCUT2D eigenvalue weighted by molar-refractivity contribution is 5.89. The minimum absolute atomic E-state index is 0.0372. The molecular weight excluding hydrogens is 746 g/mol. The average Bonchev–Trinajstić information content (AvgIpc) is 3.20. The fourth-order valence-corrected chi connectivity index (χ4v) is 5.10. The first-order valence-corrected chi connectivity index (χ1v) is 15.7. The number of benzene rings is 6. The number of halogens is 8. The number of esters is 1. The number of carbonyl (C=O) groups is 1. The van der Waals surface area contributed by atoms with E-state index in [9.17, 15) is 14.9 Å². The normalized spacial score (nSPS) is 10.9. The Balaban J connectivity index is 1.26. The van der Waals surface area contributed by atoms with Crippen LogP contribution in [0.25, 0.3) is 11.1 Å². The summed E-state index contributed by atoms with van der Waals surface area (Å²) in [5, 5.41) is 11.5. The molecule has 0 amide bonds. The van der Waals surface area contributed by atoms with Gasteiger partial charge >= 0.3 is 11.7 Å². The van der Waals surface area contributed by atoms with E-state index in [0.29, 0.717) is 11.1 Å². The number of carbonyl (C=O) groups excluding carboxylic acids is 1. The molecule has 0 fully saturated rings. The fourth-order valence-electron chi connectivity index (χ4n) is 5.10. The zero-order chi connectivity index (χ0) is 39.4. The molecule has 0 unspecified atom stereocenters. The minimum atomic E-state index is -2.52. The molecule has 55 heavy (non-hydrogen) atoms. The molecule has 0 N–H and O–H groups in total. The highest BCUT2D eigenvalue weighted by Crippen LogP contribution is 2.44. The first-order valence-electron chi connectivity index (χ1n) is 15.7. The highest BCUT2D eigenvalue weighted by Gasteiger charge is 2.36. The summed E-state index contributed by atoms with van der Waals surface area (Å²) < 4.78 is 143. The van der Waals surface area contributed by atoms with Gasteiger partial charge < -0.3 is 18.9 Å². The van der Waals surface area contributed by atoms with E-state index in [1.54, 1.807) is 60.7 Å². The Kier molecular flexibility index (Phi) is 11.0. The lowest BCUT2D eigenvalue weighted by Crippen LogP contribution is -2.09. The molecule has 6 aromatic carbocycles. The molecule has 0 bridgehead atoms. The highest BCUT2D eigenvalue weighted by atomic mass is 19.2. The Morgan fingerprint density at radius 1 is 0.545 bits per heavy atom. The lowest BCUT2D eigenvalue weighted by Gasteiger charge is -2.16. The summed E-state index contributed by atoms with van der Waals surface area (Å²) in [5.74, 6) is -25.4. The summed E-state index contributed by atoms with van der Waals surface area (Å²) in [4.78, 5) is 23.0. The van der Waals surface area contributed by atoms with Crippen molar-refractivity contribution < 1.29 is 63.8 Å². The van der Waals surface area contributed by atoms with Crippen LogP contribution in [0.3, 0.4) is 0 Å². The first-order chi connectivity index (χ1) is 26.3. The number of nitrogens with zero attached hydrogens (tertiary/aromatic N) is 1. The third kappa shape index (κ3) is 7.88. The average molecular weight is 768 g/mol. The summed E-state index contributed by atoms with van der Waals surface area (Å²) in [7, 11) is 0. The molecule has 6 aromatic rings.